The molecule has 0 radical (unpaired) electrons. The number of halogens is 2. The van der Waals surface area contributed by atoms with Crippen LogP contribution in [0.2, 0.25) is 5.02 Å². The zero-order valence-electron chi connectivity index (χ0n) is 11.0. The molecule has 0 fully saturated rings. The average Bonchev–Trinajstić information content (AvgIpc) is 3.03. The number of nitrogens with one attached hydrogen (secondary N) is 1. The summed E-state index contributed by atoms with van der Waals surface area (Å²) in [7, 11) is 0. The molecule has 0 aliphatic rings. The number of nitrogens with zero attached hydrogens (tertiary/aromatic N) is 1. The van der Waals surface area contributed by atoms with Crippen LogP contribution >= 0.6 is 38.9 Å². The molecule has 0 atom stereocenters. The number of hydrogen-bond acceptors (Lipinski definition) is 3. The van der Waals surface area contributed by atoms with Gasteiger partial charge in [0.1, 0.15) is 5.01 Å². The van der Waals surface area contributed by atoms with Crippen molar-refractivity contribution in [2.45, 2.75) is 6.54 Å². The Morgan fingerprint density at radius 1 is 1.14 bits per heavy atom. The number of thiazole rings is 1. The SMILES string of the molecule is Clc1ccc(Br)c(CNc2ccc(-c3nccs3)cc2)c1. The van der Waals surface area contributed by atoms with Gasteiger partial charge in [-0.25, -0.2) is 4.98 Å². The maximum atomic E-state index is 6.02. The molecule has 106 valence electrons. The van der Waals surface area contributed by atoms with Crippen molar-refractivity contribution in [2.24, 2.45) is 0 Å². The third kappa shape index (κ3) is 3.64. The van der Waals surface area contributed by atoms with Crippen LogP contribution in [0.4, 0.5) is 5.69 Å². The van der Waals surface area contributed by atoms with Gasteiger partial charge in [0, 0.05) is 38.9 Å². The second-order valence-corrected chi connectivity index (χ2v) is 6.69. The van der Waals surface area contributed by atoms with Crippen molar-refractivity contribution in [3.8, 4) is 10.6 Å². The van der Waals surface area contributed by atoms with Crippen LogP contribution in [0.5, 0.6) is 0 Å². The summed E-state index contributed by atoms with van der Waals surface area (Å²) in [6.45, 7) is 0.720. The van der Waals surface area contributed by atoms with Crippen molar-refractivity contribution in [3.05, 3.63) is 69.1 Å². The van der Waals surface area contributed by atoms with Gasteiger partial charge in [-0.15, -0.1) is 11.3 Å². The summed E-state index contributed by atoms with van der Waals surface area (Å²) in [6, 6.07) is 14.1. The van der Waals surface area contributed by atoms with Crippen molar-refractivity contribution < 1.29 is 0 Å². The zero-order valence-corrected chi connectivity index (χ0v) is 14.2. The molecule has 0 unspecified atom stereocenters. The highest BCUT2D eigenvalue weighted by atomic mass is 79.9. The van der Waals surface area contributed by atoms with Crippen molar-refractivity contribution in [3.63, 3.8) is 0 Å². The van der Waals surface area contributed by atoms with E-state index in [1.807, 2.05) is 29.8 Å². The van der Waals surface area contributed by atoms with E-state index in [0.717, 1.165) is 37.9 Å². The molecular formula is C16H12BrClN2S. The summed E-state index contributed by atoms with van der Waals surface area (Å²) >= 11 is 11.2. The second-order valence-electron chi connectivity index (χ2n) is 4.50. The van der Waals surface area contributed by atoms with Crippen molar-refractivity contribution in [1.29, 1.82) is 0 Å². The first-order valence-corrected chi connectivity index (χ1v) is 8.45. The van der Waals surface area contributed by atoms with Crippen LogP contribution < -0.4 is 5.32 Å². The van der Waals surface area contributed by atoms with Gasteiger partial charge in [-0.1, -0.05) is 27.5 Å². The van der Waals surface area contributed by atoms with Gasteiger partial charge < -0.3 is 5.32 Å². The normalized spacial score (nSPS) is 10.6. The number of hydrogen-bond donors (Lipinski definition) is 1. The highest BCUT2D eigenvalue weighted by Gasteiger charge is 2.03. The summed E-state index contributed by atoms with van der Waals surface area (Å²) in [5.41, 5.74) is 3.34. The van der Waals surface area contributed by atoms with Gasteiger partial charge in [0.25, 0.3) is 0 Å². The van der Waals surface area contributed by atoms with Crippen molar-refractivity contribution in [2.75, 3.05) is 5.32 Å². The summed E-state index contributed by atoms with van der Waals surface area (Å²) in [4.78, 5) is 4.31. The molecule has 2 aromatic carbocycles. The summed E-state index contributed by atoms with van der Waals surface area (Å²) in [5.74, 6) is 0. The lowest BCUT2D eigenvalue weighted by Crippen LogP contribution is -2.00. The fourth-order valence-corrected chi connectivity index (χ4v) is 3.20. The van der Waals surface area contributed by atoms with E-state index in [1.54, 1.807) is 11.3 Å². The third-order valence-electron chi connectivity index (χ3n) is 3.05. The monoisotopic (exact) mass is 378 g/mol. The van der Waals surface area contributed by atoms with Crippen LogP contribution in [0.15, 0.2) is 58.5 Å². The molecule has 5 heteroatoms. The summed E-state index contributed by atoms with van der Waals surface area (Å²) in [6.07, 6.45) is 1.82. The maximum absolute atomic E-state index is 6.02. The number of benzene rings is 2. The van der Waals surface area contributed by atoms with Crippen LogP contribution in [0, 0.1) is 0 Å². The molecule has 0 saturated heterocycles. The second kappa shape index (κ2) is 6.60. The van der Waals surface area contributed by atoms with Gasteiger partial charge in [-0.3, -0.25) is 0 Å². The van der Waals surface area contributed by atoms with Crippen molar-refractivity contribution >= 4 is 44.6 Å². The van der Waals surface area contributed by atoms with Gasteiger partial charge in [0.15, 0.2) is 0 Å². The van der Waals surface area contributed by atoms with Gasteiger partial charge in [0.2, 0.25) is 0 Å². The minimum Gasteiger partial charge on any atom is -0.381 e. The number of rotatable bonds is 4. The molecule has 0 saturated carbocycles. The summed E-state index contributed by atoms with van der Waals surface area (Å²) in [5, 5.41) is 7.17. The molecule has 3 rings (SSSR count). The lowest BCUT2D eigenvalue weighted by Gasteiger charge is -2.09. The average molecular weight is 380 g/mol. The Morgan fingerprint density at radius 2 is 1.95 bits per heavy atom. The van der Waals surface area contributed by atoms with Gasteiger partial charge in [0.05, 0.1) is 0 Å². The molecular weight excluding hydrogens is 368 g/mol. The molecule has 0 aliphatic carbocycles. The minimum absolute atomic E-state index is 0.720. The van der Waals surface area contributed by atoms with Crippen LogP contribution in [-0.2, 0) is 6.54 Å². The maximum Gasteiger partial charge on any atom is 0.123 e. The molecule has 3 aromatic rings. The van der Waals surface area contributed by atoms with E-state index in [1.165, 1.54) is 0 Å². The highest BCUT2D eigenvalue weighted by molar-refractivity contribution is 9.10. The molecule has 1 heterocycles. The predicted molar refractivity (Wildman–Crippen MR) is 94.0 cm³/mol. The van der Waals surface area contributed by atoms with Crippen LogP contribution in [0.25, 0.3) is 10.6 Å². The quantitative estimate of drug-likeness (QED) is 0.616. The Balaban J connectivity index is 1.70. The minimum atomic E-state index is 0.720. The predicted octanol–water partition coefficient (Wildman–Crippen LogP) is 5.84. The van der Waals surface area contributed by atoms with E-state index >= 15 is 0 Å². The highest BCUT2D eigenvalue weighted by Crippen LogP contribution is 2.25. The lowest BCUT2D eigenvalue weighted by atomic mass is 10.2. The van der Waals surface area contributed by atoms with E-state index in [4.69, 9.17) is 11.6 Å². The Hall–Kier alpha value is -1.36. The molecule has 1 N–H and O–H groups in total. The lowest BCUT2D eigenvalue weighted by molar-refractivity contribution is 1.14. The topological polar surface area (TPSA) is 24.9 Å². The Kier molecular flexibility index (Phi) is 4.58. The first kappa shape index (κ1) is 14.6. The molecule has 21 heavy (non-hydrogen) atoms. The van der Waals surface area contributed by atoms with E-state index in [2.05, 4.69) is 50.5 Å². The molecule has 0 spiro atoms. The number of aromatic nitrogens is 1. The largest absolute Gasteiger partial charge is 0.381 e. The fourth-order valence-electron chi connectivity index (χ4n) is 1.97. The first-order valence-electron chi connectivity index (χ1n) is 6.40. The van der Waals surface area contributed by atoms with Gasteiger partial charge in [-0.2, -0.15) is 0 Å². The molecule has 2 nitrogen and oxygen atoms in total. The van der Waals surface area contributed by atoms with Crippen LogP contribution in [0.1, 0.15) is 5.56 Å². The molecule has 1 aromatic heterocycles. The molecule has 0 aliphatic heterocycles. The van der Waals surface area contributed by atoms with Gasteiger partial charge >= 0.3 is 0 Å². The Labute approximate surface area is 140 Å². The van der Waals surface area contributed by atoms with E-state index < -0.39 is 0 Å². The smallest absolute Gasteiger partial charge is 0.123 e. The van der Waals surface area contributed by atoms with Crippen LogP contribution in [-0.4, -0.2) is 4.98 Å². The molecule has 0 amide bonds. The first-order chi connectivity index (χ1) is 10.2. The number of anilines is 1. The Bertz CT molecular complexity index is 727. The standard InChI is InChI=1S/C16H12BrClN2S/c17-15-6-3-13(18)9-12(15)10-20-14-4-1-11(2-5-14)16-19-7-8-21-16/h1-9,20H,10H2. The zero-order chi connectivity index (χ0) is 14.7. The van der Waals surface area contributed by atoms with Crippen LogP contribution in [0.3, 0.4) is 0 Å². The van der Waals surface area contributed by atoms with E-state index in [9.17, 15) is 0 Å². The van der Waals surface area contributed by atoms with Crippen molar-refractivity contribution in [1.82, 2.24) is 4.98 Å². The van der Waals surface area contributed by atoms with E-state index in [0.29, 0.717) is 0 Å². The third-order valence-corrected chi connectivity index (χ3v) is 4.89. The Morgan fingerprint density at radius 3 is 2.67 bits per heavy atom. The molecule has 0 bridgehead atoms. The van der Waals surface area contributed by atoms with E-state index in [-0.39, 0.29) is 0 Å². The summed E-state index contributed by atoms with van der Waals surface area (Å²) < 4.78 is 1.05. The van der Waals surface area contributed by atoms with Gasteiger partial charge in [-0.05, 0) is 48.0 Å². The fraction of sp³-hybridized carbons (Fsp3) is 0.0625.